The summed E-state index contributed by atoms with van der Waals surface area (Å²) in [5.41, 5.74) is -0.293. The standard InChI is InChI=1S/C10H10N4O3/c1-6-13-9(14-17-6)5-12-10(16)7-4-11-3-2-8(7)15/h2-4H,5H2,1H3,(H,11,15)(H,12,16). The highest BCUT2D eigenvalue weighted by Gasteiger charge is 2.10. The molecule has 0 radical (unpaired) electrons. The third-order valence-corrected chi connectivity index (χ3v) is 2.05. The summed E-state index contributed by atoms with van der Waals surface area (Å²) in [6.45, 7) is 1.77. The Balaban J connectivity index is 2.03. The van der Waals surface area contributed by atoms with Gasteiger partial charge >= 0.3 is 0 Å². The Morgan fingerprint density at radius 1 is 1.59 bits per heavy atom. The van der Waals surface area contributed by atoms with Gasteiger partial charge in [-0.25, -0.2) is 0 Å². The minimum atomic E-state index is -0.477. The number of pyridine rings is 1. The topological polar surface area (TPSA) is 101 Å². The number of nitrogens with zero attached hydrogens (tertiary/aromatic N) is 2. The number of hydrogen-bond donors (Lipinski definition) is 2. The molecule has 2 aromatic rings. The van der Waals surface area contributed by atoms with Crippen LogP contribution < -0.4 is 10.7 Å². The normalized spacial score (nSPS) is 10.2. The van der Waals surface area contributed by atoms with Crippen LogP contribution in [0.1, 0.15) is 22.1 Å². The van der Waals surface area contributed by atoms with Crippen molar-refractivity contribution in [3.8, 4) is 0 Å². The number of carbonyl (C=O) groups excluding carboxylic acids is 1. The lowest BCUT2D eigenvalue weighted by Crippen LogP contribution is -2.28. The summed E-state index contributed by atoms with van der Waals surface area (Å²) in [7, 11) is 0. The van der Waals surface area contributed by atoms with E-state index in [4.69, 9.17) is 4.52 Å². The number of amides is 1. The molecule has 0 atom stereocenters. The molecular formula is C10H10N4O3. The Kier molecular flexibility index (Phi) is 2.99. The number of aryl methyl sites for hydroxylation is 1. The highest BCUT2D eigenvalue weighted by atomic mass is 16.5. The zero-order valence-electron chi connectivity index (χ0n) is 9.06. The molecule has 7 nitrogen and oxygen atoms in total. The molecule has 2 aromatic heterocycles. The van der Waals surface area contributed by atoms with Gasteiger partial charge in [-0.05, 0) is 0 Å². The third-order valence-electron chi connectivity index (χ3n) is 2.05. The number of nitrogens with one attached hydrogen (secondary N) is 2. The zero-order chi connectivity index (χ0) is 12.3. The Bertz CT molecular complexity index is 587. The van der Waals surface area contributed by atoms with Crippen LogP contribution in [0.4, 0.5) is 0 Å². The van der Waals surface area contributed by atoms with Crippen molar-refractivity contribution >= 4 is 5.91 Å². The lowest BCUT2D eigenvalue weighted by Gasteiger charge is -2.00. The van der Waals surface area contributed by atoms with E-state index in [9.17, 15) is 9.59 Å². The van der Waals surface area contributed by atoms with Crippen LogP contribution in [0.5, 0.6) is 0 Å². The predicted molar refractivity (Wildman–Crippen MR) is 57.3 cm³/mol. The fourth-order valence-corrected chi connectivity index (χ4v) is 1.26. The molecule has 17 heavy (non-hydrogen) atoms. The first-order valence-electron chi connectivity index (χ1n) is 4.91. The summed E-state index contributed by atoms with van der Waals surface area (Å²) in [6, 6.07) is 1.29. The van der Waals surface area contributed by atoms with E-state index >= 15 is 0 Å². The fraction of sp³-hybridized carbons (Fsp3) is 0.200. The Labute approximate surface area is 95.9 Å². The van der Waals surface area contributed by atoms with E-state index in [-0.39, 0.29) is 17.5 Å². The molecule has 0 aromatic carbocycles. The van der Waals surface area contributed by atoms with Crippen molar-refractivity contribution < 1.29 is 9.32 Å². The first-order chi connectivity index (χ1) is 8.16. The van der Waals surface area contributed by atoms with E-state index in [1.807, 2.05) is 0 Å². The molecule has 2 heterocycles. The van der Waals surface area contributed by atoms with Crippen molar-refractivity contribution in [2.24, 2.45) is 0 Å². The molecule has 0 bridgehead atoms. The van der Waals surface area contributed by atoms with Crippen molar-refractivity contribution in [2.45, 2.75) is 13.5 Å². The Morgan fingerprint density at radius 2 is 2.41 bits per heavy atom. The van der Waals surface area contributed by atoms with E-state index in [0.29, 0.717) is 11.7 Å². The second kappa shape index (κ2) is 4.60. The van der Waals surface area contributed by atoms with Crippen molar-refractivity contribution in [3.63, 3.8) is 0 Å². The highest BCUT2D eigenvalue weighted by Crippen LogP contribution is 1.95. The average molecular weight is 234 g/mol. The van der Waals surface area contributed by atoms with Gasteiger partial charge in [-0.3, -0.25) is 9.59 Å². The maximum atomic E-state index is 11.6. The van der Waals surface area contributed by atoms with Crippen LogP contribution in [0.15, 0.2) is 27.8 Å². The lowest BCUT2D eigenvalue weighted by atomic mass is 10.2. The largest absolute Gasteiger partial charge is 0.367 e. The molecule has 0 aliphatic carbocycles. The minimum Gasteiger partial charge on any atom is -0.367 e. The molecule has 0 saturated heterocycles. The van der Waals surface area contributed by atoms with E-state index < -0.39 is 5.91 Å². The predicted octanol–water partition coefficient (Wildman–Crippen LogP) is -0.00368. The molecule has 7 heteroatoms. The Morgan fingerprint density at radius 3 is 3.06 bits per heavy atom. The van der Waals surface area contributed by atoms with Gasteiger partial charge in [0.25, 0.3) is 5.91 Å². The first kappa shape index (κ1) is 11.1. The van der Waals surface area contributed by atoms with Gasteiger partial charge in [0.05, 0.1) is 6.54 Å². The van der Waals surface area contributed by atoms with Crippen LogP contribution in [-0.4, -0.2) is 21.0 Å². The van der Waals surface area contributed by atoms with Crippen LogP contribution in [0.25, 0.3) is 0 Å². The van der Waals surface area contributed by atoms with Crippen LogP contribution in [0.2, 0.25) is 0 Å². The molecular weight excluding hydrogens is 224 g/mol. The first-order valence-corrected chi connectivity index (χ1v) is 4.91. The monoisotopic (exact) mass is 234 g/mol. The molecule has 0 aliphatic rings. The van der Waals surface area contributed by atoms with Crippen LogP contribution in [0.3, 0.4) is 0 Å². The van der Waals surface area contributed by atoms with Crippen molar-refractivity contribution in [2.75, 3.05) is 0 Å². The van der Waals surface area contributed by atoms with Gasteiger partial charge < -0.3 is 14.8 Å². The van der Waals surface area contributed by atoms with Crippen molar-refractivity contribution in [1.29, 1.82) is 0 Å². The van der Waals surface area contributed by atoms with Gasteiger partial charge in [-0.2, -0.15) is 4.98 Å². The molecule has 1 amide bonds. The number of H-pyrrole nitrogens is 1. The van der Waals surface area contributed by atoms with Gasteiger partial charge in [0, 0.05) is 25.4 Å². The fourth-order valence-electron chi connectivity index (χ4n) is 1.26. The summed E-state index contributed by atoms with van der Waals surface area (Å²) in [4.78, 5) is 29.6. The van der Waals surface area contributed by atoms with Crippen LogP contribution >= 0.6 is 0 Å². The zero-order valence-corrected chi connectivity index (χ0v) is 9.06. The molecule has 2 rings (SSSR count). The molecule has 0 fully saturated rings. The smallest absolute Gasteiger partial charge is 0.257 e. The quantitative estimate of drug-likeness (QED) is 0.778. The van der Waals surface area contributed by atoms with Gasteiger partial charge in [0.1, 0.15) is 5.56 Å². The van der Waals surface area contributed by atoms with Gasteiger partial charge in [0.15, 0.2) is 11.3 Å². The Hall–Kier alpha value is -2.44. The number of carbonyl (C=O) groups is 1. The summed E-state index contributed by atoms with van der Waals surface area (Å²) in [5.74, 6) is 0.310. The molecule has 0 spiro atoms. The summed E-state index contributed by atoms with van der Waals surface area (Å²) in [6.07, 6.45) is 2.81. The van der Waals surface area contributed by atoms with Gasteiger partial charge in [-0.1, -0.05) is 5.16 Å². The maximum absolute atomic E-state index is 11.6. The molecule has 2 N–H and O–H groups in total. The molecule has 0 unspecified atom stereocenters. The van der Waals surface area contributed by atoms with Gasteiger partial charge in [-0.15, -0.1) is 0 Å². The third kappa shape index (κ3) is 2.57. The number of rotatable bonds is 3. The van der Waals surface area contributed by atoms with Gasteiger partial charge in [0.2, 0.25) is 5.89 Å². The molecule has 88 valence electrons. The minimum absolute atomic E-state index is 0.0488. The number of aromatic nitrogens is 3. The second-order valence-corrected chi connectivity index (χ2v) is 3.33. The summed E-state index contributed by atoms with van der Waals surface area (Å²) < 4.78 is 4.75. The second-order valence-electron chi connectivity index (χ2n) is 3.33. The number of hydrogen-bond acceptors (Lipinski definition) is 5. The summed E-state index contributed by atoms with van der Waals surface area (Å²) in [5, 5.41) is 6.14. The van der Waals surface area contributed by atoms with Crippen LogP contribution in [-0.2, 0) is 6.54 Å². The molecule has 0 aliphatic heterocycles. The lowest BCUT2D eigenvalue weighted by molar-refractivity contribution is 0.0948. The van der Waals surface area contributed by atoms with E-state index in [0.717, 1.165) is 0 Å². The number of aromatic amines is 1. The van der Waals surface area contributed by atoms with E-state index in [2.05, 4.69) is 20.4 Å². The van der Waals surface area contributed by atoms with Crippen molar-refractivity contribution in [3.05, 3.63) is 46.0 Å². The molecule has 0 saturated carbocycles. The summed E-state index contributed by atoms with van der Waals surface area (Å²) >= 11 is 0. The van der Waals surface area contributed by atoms with Crippen molar-refractivity contribution in [1.82, 2.24) is 20.4 Å². The maximum Gasteiger partial charge on any atom is 0.257 e. The van der Waals surface area contributed by atoms with E-state index in [1.165, 1.54) is 18.5 Å². The SMILES string of the molecule is Cc1nc(CNC(=O)c2c[nH]ccc2=O)no1. The van der Waals surface area contributed by atoms with E-state index in [1.54, 1.807) is 6.92 Å². The van der Waals surface area contributed by atoms with Crippen LogP contribution in [0, 0.1) is 6.92 Å². The average Bonchev–Trinajstić information content (AvgIpc) is 2.73. The highest BCUT2D eigenvalue weighted by molar-refractivity contribution is 5.93.